The number of rotatable bonds is 4. The van der Waals surface area contributed by atoms with Crippen LogP contribution in [-0.4, -0.2) is 52.7 Å². The van der Waals surface area contributed by atoms with E-state index in [-0.39, 0.29) is 0 Å². The highest BCUT2D eigenvalue weighted by molar-refractivity contribution is 7.87. The van der Waals surface area contributed by atoms with Gasteiger partial charge in [0.25, 0.3) is 0 Å². The molecule has 1 saturated heterocycles. The number of fused-ring (bicyclic) bond motifs is 1. The number of anilines is 1. The van der Waals surface area contributed by atoms with Gasteiger partial charge in [-0.05, 0) is 18.2 Å². The quantitative estimate of drug-likeness (QED) is 0.863. The van der Waals surface area contributed by atoms with Gasteiger partial charge in [0.1, 0.15) is 0 Å². The molecule has 1 aromatic carbocycles. The number of ether oxygens (including phenoxy) is 1. The summed E-state index contributed by atoms with van der Waals surface area (Å²) >= 11 is 1.47. The van der Waals surface area contributed by atoms with Crippen molar-refractivity contribution in [3.63, 3.8) is 0 Å². The first-order valence-corrected chi connectivity index (χ1v) is 8.70. The normalized spacial score (nSPS) is 18.4. The van der Waals surface area contributed by atoms with Crippen LogP contribution >= 0.6 is 11.3 Å². The van der Waals surface area contributed by atoms with Gasteiger partial charge in [0.05, 0.1) is 34.2 Å². The number of nitrogens with two attached hydrogens (primary N) is 1. The van der Waals surface area contributed by atoms with Gasteiger partial charge in [0, 0.05) is 31.1 Å². The molecule has 0 aliphatic carbocycles. The maximum absolute atomic E-state index is 12.3. The lowest BCUT2D eigenvalue weighted by atomic mass is 10.3. The molecule has 0 spiro atoms. The number of aromatic nitrogens is 1. The Kier molecular flexibility index (Phi) is 4.30. The SMILES string of the molecule is Nc1ccc2nc(S(=O)CCN3CCOCC3)sc2c1. The van der Waals surface area contributed by atoms with Crippen molar-refractivity contribution in [1.29, 1.82) is 0 Å². The molecule has 1 fully saturated rings. The van der Waals surface area contributed by atoms with E-state index in [1.807, 2.05) is 18.2 Å². The van der Waals surface area contributed by atoms with E-state index in [9.17, 15) is 4.21 Å². The third-order valence-electron chi connectivity index (χ3n) is 3.28. The zero-order valence-corrected chi connectivity index (χ0v) is 12.7. The van der Waals surface area contributed by atoms with Gasteiger partial charge in [0.2, 0.25) is 0 Å². The van der Waals surface area contributed by atoms with Crippen molar-refractivity contribution < 1.29 is 8.95 Å². The van der Waals surface area contributed by atoms with Crippen LogP contribution in [0.25, 0.3) is 10.2 Å². The number of benzene rings is 1. The highest BCUT2D eigenvalue weighted by atomic mass is 32.2. The molecule has 1 aliphatic rings. The van der Waals surface area contributed by atoms with Crippen LogP contribution in [0.2, 0.25) is 0 Å². The van der Waals surface area contributed by atoms with Gasteiger partial charge in [-0.25, -0.2) is 4.98 Å². The van der Waals surface area contributed by atoms with Crippen LogP contribution in [0.3, 0.4) is 0 Å². The minimum atomic E-state index is -1.04. The van der Waals surface area contributed by atoms with E-state index in [0.29, 0.717) is 15.8 Å². The molecule has 2 N–H and O–H groups in total. The molecule has 1 aromatic heterocycles. The molecule has 5 nitrogen and oxygen atoms in total. The predicted octanol–water partition coefficient (Wildman–Crippen LogP) is 1.32. The summed E-state index contributed by atoms with van der Waals surface area (Å²) in [5, 5.41) is 0. The molecule has 0 amide bonds. The molecule has 0 radical (unpaired) electrons. The summed E-state index contributed by atoms with van der Waals surface area (Å²) in [6, 6.07) is 5.59. The summed E-state index contributed by atoms with van der Waals surface area (Å²) in [7, 11) is -1.04. The van der Waals surface area contributed by atoms with Crippen LogP contribution in [-0.2, 0) is 15.5 Å². The maximum Gasteiger partial charge on any atom is 0.181 e. The second-order valence-corrected chi connectivity index (χ2v) is 7.49. The second kappa shape index (κ2) is 6.17. The summed E-state index contributed by atoms with van der Waals surface area (Å²) in [6.45, 7) is 4.22. The fourth-order valence-corrected chi connectivity index (χ4v) is 4.58. The lowest BCUT2D eigenvalue weighted by molar-refractivity contribution is 0.0409. The van der Waals surface area contributed by atoms with E-state index in [0.717, 1.165) is 43.1 Å². The average Bonchev–Trinajstić information content (AvgIpc) is 2.89. The number of thiazole rings is 1. The Morgan fingerprint density at radius 3 is 3.00 bits per heavy atom. The molecule has 1 atom stereocenters. The predicted molar refractivity (Wildman–Crippen MR) is 82.6 cm³/mol. The van der Waals surface area contributed by atoms with E-state index in [1.165, 1.54) is 11.3 Å². The fourth-order valence-electron chi connectivity index (χ4n) is 2.14. The topological polar surface area (TPSA) is 68.5 Å². The summed E-state index contributed by atoms with van der Waals surface area (Å²) in [5.41, 5.74) is 7.34. The third-order valence-corrected chi connectivity index (χ3v) is 5.94. The Bertz CT molecular complexity index is 623. The van der Waals surface area contributed by atoms with Crippen molar-refractivity contribution in [1.82, 2.24) is 9.88 Å². The fraction of sp³-hybridized carbons (Fsp3) is 0.462. The van der Waals surface area contributed by atoms with Gasteiger partial charge in [-0.3, -0.25) is 9.11 Å². The van der Waals surface area contributed by atoms with E-state index < -0.39 is 10.8 Å². The van der Waals surface area contributed by atoms with Crippen LogP contribution in [0.5, 0.6) is 0 Å². The highest BCUT2D eigenvalue weighted by Crippen LogP contribution is 2.26. The number of hydrogen-bond acceptors (Lipinski definition) is 6. The second-order valence-electron chi connectivity index (χ2n) is 4.71. The maximum atomic E-state index is 12.3. The van der Waals surface area contributed by atoms with Crippen molar-refractivity contribution in [2.75, 3.05) is 44.3 Å². The Labute approximate surface area is 124 Å². The number of nitrogens with zero attached hydrogens (tertiary/aromatic N) is 2. The van der Waals surface area contributed by atoms with E-state index in [2.05, 4.69) is 9.88 Å². The minimum absolute atomic E-state index is 0.620. The van der Waals surface area contributed by atoms with Gasteiger partial charge >= 0.3 is 0 Å². The van der Waals surface area contributed by atoms with E-state index in [1.54, 1.807) is 0 Å². The number of hydrogen-bond donors (Lipinski definition) is 1. The summed E-state index contributed by atoms with van der Waals surface area (Å²) in [4.78, 5) is 6.72. The molecule has 1 unspecified atom stereocenters. The zero-order valence-electron chi connectivity index (χ0n) is 11.1. The number of nitrogen functional groups attached to an aromatic ring is 1. The molecule has 2 heterocycles. The molecule has 3 rings (SSSR count). The third kappa shape index (κ3) is 3.17. The minimum Gasteiger partial charge on any atom is -0.399 e. The van der Waals surface area contributed by atoms with E-state index >= 15 is 0 Å². The summed E-state index contributed by atoms with van der Waals surface area (Å²) in [6.07, 6.45) is 0. The molecule has 2 aromatic rings. The Morgan fingerprint density at radius 2 is 2.20 bits per heavy atom. The molecular formula is C13H17N3O2S2. The molecule has 7 heteroatoms. The lowest BCUT2D eigenvalue weighted by Crippen LogP contribution is -2.38. The Hall–Kier alpha value is -1.02. The van der Waals surface area contributed by atoms with Crippen LogP contribution in [0, 0.1) is 0 Å². The van der Waals surface area contributed by atoms with Gasteiger partial charge in [-0.15, -0.1) is 11.3 Å². The van der Waals surface area contributed by atoms with Crippen molar-refractivity contribution >= 4 is 38.0 Å². The van der Waals surface area contributed by atoms with Crippen molar-refractivity contribution in [2.24, 2.45) is 0 Å². The van der Waals surface area contributed by atoms with E-state index in [4.69, 9.17) is 10.5 Å². The van der Waals surface area contributed by atoms with Gasteiger partial charge in [-0.1, -0.05) is 0 Å². The number of morpholine rings is 1. The van der Waals surface area contributed by atoms with Gasteiger partial charge in [0.15, 0.2) is 4.34 Å². The van der Waals surface area contributed by atoms with Crippen LogP contribution < -0.4 is 5.73 Å². The monoisotopic (exact) mass is 311 g/mol. The molecular weight excluding hydrogens is 294 g/mol. The van der Waals surface area contributed by atoms with Gasteiger partial charge < -0.3 is 10.5 Å². The Balaban J connectivity index is 1.65. The van der Waals surface area contributed by atoms with Crippen LogP contribution in [0.4, 0.5) is 5.69 Å². The molecule has 108 valence electrons. The van der Waals surface area contributed by atoms with Crippen molar-refractivity contribution in [2.45, 2.75) is 4.34 Å². The standard InChI is InChI=1S/C13H17N3O2S2/c14-10-1-2-11-12(9-10)19-13(15-11)20(17)8-5-16-3-6-18-7-4-16/h1-2,9H,3-8,14H2. The largest absolute Gasteiger partial charge is 0.399 e. The Morgan fingerprint density at radius 1 is 1.40 bits per heavy atom. The van der Waals surface area contributed by atoms with Gasteiger partial charge in [-0.2, -0.15) is 0 Å². The van der Waals surface area contributed by atoms with Crippen molar-refractivity contribution in [3.8, 4) is 0 Å². The average molecular weight is 311 g/mol. The molecule has 20 heavy (non-hydrogen) atoms. The molecule has 1 aliphatic heterocycles. The highest BCUT2D eigenvalue weighted by Gasteiger charge is 2.15. The first-order valence-electron chi connectivity index (χ1n) is 6.57. The summed E-state index contributed by atoms with van der Waals surface area (Å²) < 4.78 is 19.3. The molecule has 0 saturated carbocycles. The lowest BCUT2D eigenvalue weighted by Gasteiger charge is -2.25. The summed E-state index contributed by atoms with van der Waals surface area (Å²) in [5.74, 6) is 0.620. The molecule has 0 bridgehead atoms. The first kappa shape index (κ1) is 13.9. The van der Waals surface area contributed by atoms with Crippen LogP contribution in [0.1, 0.15) is 0 Å². The van der Waals surface area contributed by atoms with Crippen molar-refractivity contribution in [3.05, 3.63) is 18.2 Å². The first-order chi connectivity index (χ1) is 9.72. The zero-order chi connectivity index (χ0) is 13.9. The smallest absolute Gasteiger partial charge is 0.181 e. The van der Waals surface area contributed by atoms with Crippen LogP contribution in [0.15, 0.2) is 22.5 Å².